The summed E-state index contributed by atoms with van der Waals surface area (Å²) in [4.78, 5) is 11.2. The van der Waals surface area contributed by atoms with Crippen molar-refractivity contribution >= 4 is 17.3 Å². The standard InChI is InChI=1S/C16H18N2O3/c1-21-15-5-3-2-4-11(15)8-9-18-14-7-6-12(17)10-13(14)16(19)20/h2-7,10,18H,8-9,17H2,1H3,(H,19,20). The maximum Gasteiger partial charge on any atom is 0.337 e. The molecular weight excluding hydrogens is 268 g/mol. The zero-order chi connectivity index (χ0) is 15.2. The molecule has 0 radical (unpaired) electrons. The maximum absolute atomic E-state index is 11.2. The lowest BCUT2D eigenvalue weighted by molar-refractivity contribution is 0.0698. The van der Waals surface area contributed by atoms with Crippen molar-refractivity contribution in [1.82, 2.24) is 0 Å². The fraction of sp³-hybridized carbons (Fsp3) is 0.188. The average molecular weight is 286 g/mol. The predicted molar refractivity (Wildman–Crippen MR) is 83.0 cm³/mol. The number of carbonyl (C=O) groups is 1. The highest BCUT2D eigenvalue weighted by Gasteiger charge is 2.10. The number of carboxylic acids is 1. The Morgan fingerprint density at radius 1 is 1.29 bits per heavy atom. The molecule has 2 aromatic carbocycles. The summed E-state index contributed by atoms with van der Waals surface area (Å²) >= 11 is 0. The fourth-order valence-electron chi connectivity index (χ4n) is 2.13. The van der Waals surface area contributed by atoms with Crippen LogP contribution in [-0.4, -0.2) is 24.7 Å². The van der Waals surface area contributed by atoms with Gasteiger partial charge in [0.1, 0.15) is 5.75 Å². The van der Waals surface area contributed by atoms with E-state index in [2.05, 4.69) is 5.32 Å². The Kier molecular flexibility index (Phi) is 4.66. The normalized spacial score (nSPS) is 10.1. The van der Waals surface area contributed by atoms with Gasteiger partial charge in [-0.05, 0) is 36.2 Å². The zero-order valence-corrected chi connectivity index (χ0v) is 11.8. The molecule has 0 amide bonds. The minimum atomic E-state index is -0.998. The van der Waals surface area contributed by atoms with Gasteiger partial charge in [0.25, 0.3) is 0 Å². The van der Waals surface area contributed by atoms with E-state index in [-0.39, 0.29) is 5.56 Å². The Balaban J connectivity index is 2.05. The molecule has 0 fully saturated rings. The fourth-order valence-corrected chi connectivity index (χ4v) is 2.13. The van der Waals surface area contributed by atoms with Crippen molar-refractivity contribution in [3.05, 3.63) is 53.6 Å². The van der Waals surface area contributed by atoms with Gasteiger partial charge in [0, 0.05) is 17.9 Å². The second-order valence-corrected chi connectivity index (χ2v) is 4.60. The van der Waals surface area contributed by atoms with Gasteiger partial charge in [0.15, 0.2) is 0 Å². The molecule has 0 aliphatic carbocycles. The van der Waals surface area contributed by atoms with Gasteiger partial charge in [-0.1, -0.05) is 18.2 Å². The minimum Gasteiger partial charge on any atom is -0.496 e. The molecule has 110 valence electrons. The summed E-state index contributed by atoms with van der Waals surface area (Å²) in [6.07, 6.45) is 0.730. The number of nitrogens with one attached hydrogen (secondary N) is 1. The zero-order valence-electron chi connectivity index (χ0n) is 11.8. The van der Waals surface area contributed by atoms with Crippen molar-refractivity contribution in [2.24, 2.45) is 0 Å². The van der Waals surface area contributed by atoms with Crippen LogP contribution >= 0.6 is 0 Å². The number of rotatable bonds is 6. The largest absolute Gasteiger partial charge is 0.496 e. The molecule has 0 unspecified atom stereocenters. The summed E-state index contributed by atoms with van der Waals surface area (Å²) in [7, 11) is 1.63. The molecule has 0 saturated carbocycles. The first-order chi connectivity index (χ1) is 10.1. The molecule has 0 aliphatic heterocycles. The molecule has 5 heteroatoms. The van der Waals surface area contributed by atoms with Crippen LogP contribution in [0.2, 0.25) is 0 Å². The SMILES string of the molecule is COc1ccccc1CCNc1ccc(N)cc1C(=O)O. The predicted octanol–water partition coefficient (Wildman–Crippen LogP) is 2.63. The van der Waals surface area contributed by atoms with Crippen LogP contribution in [0.3, 0.4) is 0 Å². The Bertz CT molecular complexity index is 641. The summed E-state index contributed by atoms with van der Waals surface area (Å²) in [5.41, 5.74) is 7.86. The Morgan fingerprint density at radius 3 is 2.76 bits per heavy atom. The first kappa shape index (κ1) is 14.7. The Hall–Kier alpha value is -2.69. The highest BCUT2D eigenvalue weighted by atomic mass is 16.5. The first-order valence-electron chi connectivity index (χ1n) is 6.60. The third kappa shape index (κ3) is 3.66. The Labute approximate surface area is 123 Å². The quantitative estimate of drug-likeness (QED) is 0.711. The number of nitrogens with two attached hydrogens (primary N) is 1. The van der Waals surface area contributed by atoms with Gasteiger partial charge in [-0.25, -0.2) is 4.79 Å². The van der Waals surface area contributed by atoms with Crippen LogP contribution in [0, 0.1) is 0 Å². The van der Waals surface area contributed by atoms with E-state index in [0.717, 1.165) is 17.7 Å². The Morgan fingerprint density at radius 2 is 2.05 bits per heavy atom. The molecule has 0 heterocycles. The number of benzene rings is 2. The third-order valence-electron chi connectivity index (χ3n) is 3.18. The molecule has 0 saturated heterocycles. The first-order valence-corrected chi connectivity index (χ1v) is 6.60. The topological polar surface area (TPSA) is 84.6 Å². The number of carboxylic acid groups (broad SMARTS) is 1. The van der Waals surface area contributed by atoms with E-state index in [1.165, 1.54) is 6.07 Å². The minimum absolute atomic E-state index is 0.176. The van der Waals surface area contributed by atoms with E-state index >= 15 is 0 Å². The summed E-state index contributed by atoms with van der Waals surface area (Å²) in [5, 5.41) is 12.3. The number of aromatic carboxylic acids is 1. The summed E-state index contributed by atoms with van der Waals surface area (Å²) in [6, 6.07) is 12.6. The van der Waals surface area contributed by atoms with Crippen LogP contribution < -0.4 is 15.8 Å². The molecule has 4 N–H and O–H groups in total. The molecule has 0 atom stereocenters. The number of hydrogen-bond acceptors (Lipinski definition) is 4. The van der Waals surface area contributed by atoms with Crippen molar-refractivity contribution in [2.45, 2.75) is 6.42 Å². The van der Waals surface area contributed by atoms with Crippen molar-refractivity contribution < 1.29 is 14.6 Å². The van der Waals surface area contributed by atoms with E-state index in [1.807, 2.05) is 24.3 Å². The van der Waals surface area contributed by atoms with Crippen LogP contribution in [0.5, 0.6) is 5.75 Å². The van der Waals surface area contributed by atoms with Gasteiger partial charge in [0.05, 0.1) is 12.7 Å². The molecule has 0 aliphatic rings. The smallest absolute Gasteiger partial charge is 0.337 e. The maximum atomic E-state index is 11.2. The van der Waals surface area contributed by atoms with Crippen molar-refractivity contribution in [3.8, 4) is 5.75 Å². The number of nitrogen functional groups attached to an aromatic ring is 1. The van der Waals surface area contributed by atoms with Crippen molar-refractivity contribution in [2.75, 3.05) is 24.7 Å². The lowest BCUT2D eigenvalue weighted by Gasteiger charge is -2.12. The lowest BCUT2D eigenvalue weighted by atomic mass is 10.1. The number of hydrogen-bond donors (Lipinski definition) is 3. The number of methoxy groups -OCH3 is 1. The number of anilines is 2. The van der Waals surface area contributed by atoms with Crippen LogP contribution in [0.15, 0.2) is 42.5 Å². The molecule has 2 rings (SSSR count). The van der Waals surface area contributed by atoms with Gasteiger partial charge >= 0.3 is 5.97 Å². The number of ether oxygens (including phenoxy) is 1. The van der Waals surface area contributed by atoms with Crippen LogP contribution in [-0.2, 0) is 6.42 Å². The van der Waals surface area contributed by atoms with Gasteiger partial charge < -0.3 is 20.9 Å². The lowest BCUT2D eigenvalue weighted by Crippen LogP contribution is -2.10. The molecule has 21 heavy (non-hydrogen) atoms. The van der Waals surface area contributed by atoms with E-state index < -0.39 is 5.97 Å². The molecule has 5 nitrogen and oxygen atoms in total. The number of para-hydroxylation sites is 1. The third-order valence-corrected chi connectivity index (χ3v) is 3.18. The van der Waals surface area contributed by atoms with Crippen LogP contribution in [0.25, 0.3) is 0 Å². The summed E-state index contributed by atoms with van der Waals surface area (Å²) in [6.45, 7) is 0.602. The van der Waals surface area contributed by atoms with E-state index in [9.17, 15) is 9.90 Å². The van der Waals surface area contributed by atoms with E-state index in [1.54, 1.807) is 19.2 Å². The van der Waals surface area contributed by atoms with Crippen molar-refractivity contribution in [1.29, 1.82) is 0 Å². The monoisotopic (exact) mass is 286 g/mol. The highest BCUT2D eigenvalue weighted by molar-refractivity contribution is 5.95. The molecule has 0 bridgehead atoms. The van der Waals surface area contributed by atoms with Crippen LogP contribution in [0.4, 0.5) is 11.4 Å². The molecule has 0 spiro atoms. The van der Waals surface area contributed by atoms with Gasteiger partial charge in [-0.3, -0.25) is 0 Å². The molecular formula is C16H18N2O3. The summed E-state index contributed by atoms with van der Waals surface area (Å²) < 4.78 is 5.29. The van der Waals surface area contributed by atoms with Crippen LogP contribution in [0.1, 0.15) is 15.9 Å². The van der Waals surface area contributed by atoms with Gasteiger partial charge in [-0.2, -0.15) is 0 Å². The second kappa shape index (κ2) is 6.65. The van der Waals surface area contributed by atoms with E-state index in [0.29, 0.717) is 17.9 Å². The van der Waals surface area contributed by atoms with E-state index in [4.69, 9.17) is 10.5 Å². The molecule has 2 aromatic rings. The van der Waals surface area contributed by atoms with Crippen molar-refractivity contribution in [3.63, 3.8) is 0 Å². The molecule has 0 aromatic heterocycles. The van der Waals surface area contributed by atoms with Gasteiger partial charge in [-0.15, -0.1) is 0 Å². The average Bonchev–Trinajstić information content (AvgIpc) is 2.49. The highest BCUT2D eigenvalue weighted by Crippen LogP contribution is 2.21. The second-order valence-electron chi connectivity index (χ2n) is 4.60. The van der Waals surface area contributed by atoms with Gasteiger partial charge in [0.2, 0.25) is 0 Å². The summed E-state index contributed by atoms with van der Waals surface area (Å²) in [5.74, 6) is -0.169.